The molecule has 0 spiro atoms. The molecule has 1 N–H and O–H groups in total. The largest absolute Gasteiger partial charge is 0.362 e. The van der Waals surface area contributed by atoms with Gasteiger partial charge in [-0.05, 0) is 40.2 Å². The number of pyridine rings is 1. The van der Waals surface area contributed by atoms with Gasteiger partial charge < -0.3 is 10.2 Å². The summed E-state index contributed by atoms with van der Waals surface area (Å²) in [5.41, 5.74) is 1.28. The summed E-state index contributed by atoms with van der Waals surface area (Å²) in [6.07, 6.45) is 1.67. The van der Waals surface area contributed by atoms with Gasteiger partial charge in [-0.15, -0.1) is 0 Å². The molecule has 0 fully saturated rings. The van der Waals surface area contributed by atoms with E-state index >= 15 is 0 Å². The molecule has 0 unspecified atom stereocenters. The van der Waals surface area contributed by atoms with Gasteiger partial charge in [-0.1, -0.05) is 12.1 Å². The predicted molar refractivity (Wildman–Crippen MR) is 80.7 cm³/mol. The lowest BCUT2D eigenvalue weighted by Crippen LogP contribution is -2.19. The average molecular weight is 320 g/mol. The van der Waals surface area contributed by atoms with Crippen LogP contribution in [0.15, 0.2) is 47.1 Å². The fourth-order valence-corrected chi connectivity index (χ4v) is 2.07. The van der Waals surface area contributed by atoms with Gasteiger partial charge in [-0.25, -0.2) is 4.98 Å². The molecule has 0 saturated carbocycles. The van der Waals surface area contributed by atoms with Crippen molar-refractivity contribution in [1.82, 2.24) is 4.98 Å². The number of rotatable bonds is 3. The monoisotopic (exact) mass is 319 g/mol. The molecule has 2 aromatic rings. The molecular weight excluding hydrogens is 306 g/mol. The Hall–Kier alpha value is -1.88. The quantitative estimate of drug-likeness (QED) is 0.945. The lowest BCUT2D eigenvalue weighted by molar-refractivity contribution is 0.102. The minimum atomic E-state index is -0.177. The van der Waals surface area contributed by atoms with Gasteiger partial charge in [0.25, 0.3) is 5.91 Å². The van der Waals surface area contributed by atoms with Crippen LogP contribution in [0.4, 0.5) is 11.5 Å². The maximum Gasteiger partial charge on any atom is 0.259 e. The number of carbonyl (C=O) groups excluding carboxylic acids is 1. The molecule has 1 amide bonds. The average Bonchev–Trinajstić information content (AvgIpc) is 2.41. The van der Waals surface area contributed by atoms with E-state index in [9.17, 15) is 4.79 Å². The van der Waals surface area contributed by atoms with Crippen molar-refractivity contribution < 1.29 is 4.79 Å². The van der Waals surface area contributed by atoms with Gasteiger partial charge >= 0.3 is 0 Å². The third kappa shape index (κ3) is 3.12. The second kappa shape index (κ2) is 5.84. The Bertz CT molecular complexity index is 599. The minimum absolute atomic E-state index is 0.177. The first-order chi connectivity index (χ1) is 9.09. The van der Waals surface area contributed by atoms with E-state index in [0.29, 0.717) is 11.4 Å². The second-order valence-electron chi connectivity index (χ2n) is 4.20. The number of anilines is 2. The van der Waals surface area contributed by atoms with Crippen molar-refractivity contribution in [3.63, 3.8) is 0 Å². The number of para-hydroxylation sites is 1. The van der Waals surface area contributed by atoms with Crippen LogP contribution >= 0.6 is 15.9 Å². The van der Waals surface area contributed by atoms with Crippen molar-refractivity contribution in [2.24, 2.45) is 0 Å². The number of nitrogens with zero attached hydrogens (tertiary/aromatic N) is 2. The molecule has 0 aliphatic rings. The molecule has 2 rings (SSSR count). The summed E-state index contributed by atoms with van der Waals surface area (Å²) >= 11 is 3.40. The Labute approximate surface area is 120 Å². The van der Waals surface area contributed by atoms with Crippen molar-refractivity contribution >= 4 is 33.3 Å². The van der Waals surface area contributed by atoms with E-state index in [2.05, 4.69) is 26.2 Å². The van der Waals surface area contributed by atoms with Crippen LogP contribution in [0.2, 0.25) is 0 Å². The van der Waals surface area contributed by atoms with E-state index < -0.39 is 0 Å². The smallest absolute Gasteiger partial charge is 0.259 e. The van der Waals surface area contributed by atoms with Crippen molar-refractivity contribution in [3.05, 3.63) is 52.6 Å². The zero-order valence-electron chi connectivity index (χ0n) is 10.7. The molecule has 0 aliphatic carbocycles. The molecule has 98 valence electrons. The number of benzene rings is 1. The number of aromatic nitrogens is 1. The van der Waals surface area contributed by atoms with Crippen molar-refractivity contribution in [1.29, 1.82) is 0 Å². The Kier molecular flexibility index (Phi) is 4.16. The summed E-state index contributed by atoms with van der Waals surface area (Å²) in [5.74, 6) is 0.468. The van der Waals surface area contributed by atoms with Crippen LogP contribution in [0.5, 0.6) is 0 Å². The van der Waals surface area contributed by atoms with Crippen LogP contribution in [0, 0.1) is 0 Å². The Morgan fingerprint density at radius 1 is 1.21 bits per heavy atom. The summed E-state index contributed by atoms with van der Waals surface area (Å²) in [6.45, 7) is 0. The standard InChI is InChI=1S/C14H14BrN3O/c1-18(2)13-10(6-5-9-16-13)14(19)17-12-8-4-3-7-11(12)15/h3-9H,1-2H3,(H,17,19). The number of hydrogen-bond donors (Lipinski definition) is 1. The molecule has 4 nitrogen and oxygen atoms in total. The molecule has 0 bridgehead atoms. The van der Waals surface area contributed by atoms with Gasteiger partial charge in [-0.2, -0.15) is 0 Å². The van der Waals surface area contributed by atoms with E-state index in [0.717, 1.165) is 10.2 Å². The van der Waals surface area contributed by atoms with E-state index in [1.807, 2.05) is 43.3 Å². The fourth-order valence-electron chi connectivity index (χ4n) is 1.68. The van der Waals surface area contributed by atoms with E-state index in [1.165, 1.54) is 0 Å². The third-order valence-corrected chi connectivity index (χ3v) is 3.27. The second-order valence-corrected chi connectivity index (χ2v) is 5.06. The highest BCUT2D eigenvalue weighted by Crippen LogP contribution is 2.23. The molecule has 0 saturated heterocycles. The Balaban J connectivity index is 2.29. The topological polar surface area (TPSA) is 45.2 Å². The molecule has 1 aromatic carbocycles. The molecule has 19 heavy (non-hydrogen) atoms. The number of nitrogens with one attached hydrogen (secondary N) is 1. The third-order valence-electron chi connectivity index (χ3n) is 2.58. The highest BCUT2D eigenvalue weighted by atomic mass is 79.9. The summed E-state index contributed by atoms with van der Waals surface area (Å²) < 4.78 is 0.846. The van der Waals surface area contributed by atoms with Gasteiger partial charge in [0.1, 0.15) is 5.82 Å². The zero-order valence-corrected chi connectivity index (χ0v) is 12.3. The van der Waals surface area contributed by atoms with Gasteiger partial charge in [0.05, 0.1) is 11.3 Å². The maximum atomic E-state index is 12.3. The first-order valence-corrected chi connectivity index (χ1v) is 6.57. The normalized spacial score (nSPS) is 10.1. The summed E-state index contributed by atoms with van der Waals surface area (Å²) in [7, 11) is 3.72. The zero-order chi connectivity index (χ0) is 13.8. The molecular formula is C14H14BrN3O. The van der Waals surface area contributed by atoms with E-state index in [4.69, 9.17) is 0 Å². The summed E-state index contributed by atoms with van der Waals surface area (Å²) in [6, 6.07) is 11.0. The SMILES string of the molecule is CN(C)c1ncccc1C(=O)Nc1ccccc1Br. The Morgan fingerprint density at radius 3 is 2.63 bits per heavy atom. The molecule has 5 heteroatoms. The highest BCUT2D eigenvalue weighted by molar-refractivity contribution is 9.10. The molecule has 0 aliphatic heterocycles. The van der Waals surface area contributed by atoms with E-state index in [-0.39, 0.29) is 5.91 Å². The first kappa shape index (κ1) is 13.5. The molecule has 0 radical (unpaired) electrons. The van der Waals surface area contributed by atoms with Crippen LogP contribution in [0.3, 0.4) is 0 Å². The number of hydrogen-bond acceptors (Lipinski definition) is 3. The number of halogens is 1. The van der Waals surface area contributed by atoms with Crippen LogP contribution in [-0.2, 0) is 0 Å². The van der Waals surface area contributed by atoms with Gasteiger partial charge in [0.15, 0.2) is 0 Å². The molecule has 1 heterocycles. The van der Waals surface area contributed by atoms with Crippen molar-refractivity contribution in [3.8, 4) is 0 Å². The van der Waals surface area contributed by atoms with Crippen LogP contribution in [0.25, 0.3) is 0 Å². The number of amides is 1. The fraction of sp³-hybridized carbons (Fsp3) is 0.143. The Morgan fingerprint density at radius 2 is 1.95 bits per heavy atom. The number of carbonyl (C=O) groups is 1. The van der Waals surface area contributed by atoms with Gasteiger partial charge in [0.2, 0.25) is 0 Å². The van der Waals surface area contributed by atoms with Gasteiger partial charge in [-0.3, -0.25) is 4.79 Å². The van der Waals surface area contributed by atoms with Crippen molar-refractivity contribution in [2.45, 2.75) is 0 Å². The lowest BCUT2D eigenvalue weighted by atomic mass is 10.2. The lowest BCUT2D eigenvalue weighted by Gasteiger charge is -2.15. The summed E-state index contributed by atoms with van der Waals surface area (Å²) in [5, 5.41) is 2.87. The minimum Gasteiger partial charge on any atom is -0.362 e. The predicted octanol–water partition coefficient (Wildman–Crippen LogP) is 3.16. The van der Waals surface area contributed by atoms with E-state index in [1.54, 1.807) is 18.3 Å². The van der Waals surface area contributed by atoms with Crippen LogP contribution in [-0.4, -0.2) is 25.0 Å². The van der Waals surface area contributed by atoms with Crippen LogP contribution in [0.1, 0.15) is 10.4 Å². The van der Waals surface area contributed by atoms with Crippen LogP contribution < -0.4 is 10.2 Å². The van der Waals surface area contributed by atoms with Crippen molar-refractivity contribution in [2.75, 3.05) is 24.3 Å². The van der Waals surface area contributed by atoms with Gasteiger partial charge in [0, 0.05) is 24.8 Å². The maximum absolute atomic E-state index is 12.3. The molecule has 1 aromatic heterocycles. The highest BCUT2D eigenvalue weighted by Gasteiger charge is 2.14. The summed E-state index contributed by atoms with van der Waals surface area (Å²) in [4.78, 5) is 18.3. The molecule has 0 atom stereocenters. The first-order valence-electron chi connectivity index (χ1n) is 5.78.